The lowest BCUT2D eigenvalue weighted by Crippen LogP contribution is -2.53. The van der Waals surface area contributed by atoms with E-state index in [1.807, 2.05) is 45.0 Å². The van der Waals surface area contributed by atoms with Crippen LogP contribution in [0.5, 0.6) is 0 Å². The van der Waals surface area contributed by atoms with Crippen molar-refractivity contribution in [1.29, 1.82) is 0 Å². The van der Waals surface area contributed by atoms with Crippen LogP contribution in [0, 0.1) is 5.41 Å². The summed E-state index contributed by atoms with van der Waals surface area (Å²) in [6.07, 6.45) is 1.14. The first-order valence-electron chi connectivity index (χ1n) is 13.2. The van der Waals surface area contributed by atoms with Crippen molar-refractivity contribution in [2.24, 2.45) is 11.1 Å². The summed E-state index contributed by atoms with van der Waals surface area (Å²) in [6, 6.07) is 5.75. The minimum Gasteiger partial charge on any atom is -0.369 e. The molecule has 3 N–H and O–H groups in total. The summed E-state index contributed by atoms with van der Waals surface area (Å²) in [5.74, 6) is -0.708. The van der Waals surface area contributed by atoms with Gasteiger partial charge < -0.3 is 25.6 Å². The molecule has 2 amide bonds. The van der Waals surface area contributed by atoms with Crippen molar-refractivity contribution >= 4 is 23.3 Å². The van der Waals surface area contributed by atoms with Crippen LogP contribution in [0.4, 0.5) is 5.69 Å². The third-order valence-corrected chi connectivity index (χ3v) is 7.33. The maximum absolute atomic E-state index is 13.6. The molecule has 4 rings (SSSR count). The maximum Gasteiger partial charge on any atom is 0.251 e. The number of benzene rings is 1. The molecule has 0 aromatic heterocycles. The Kier molecular flexibility index (Phi) is 8.02. The summed E-state index contributed by atoms with van der Waals surface area (Å²) in [5, 5.41) is 2.95. The van der Waals surface area contributed by atoms with Gasteiger partial charge in [0.05, 0.1) is 6.04 Å². The zero-order chi connectivity index (χ0) is 26.0. The van der Waals surface area contributed by atoms with E-state index in [9.17, 15) is 14.4 Å². The molecule has 3 aliphatic heterocycles. The van der Waals surface area contributed by atoms with E-state index in [-0.39, 0.29) is 36.2 Å². The van der Waals surface area contributed by atoms with Crippen LogP contribution in [0.3, 0.4) is 0 Å². The average Bonchev–Trinajstić information content (AvgIpc) is 3.38. The molecule has 1 aromatic rings. The monoisotopic (exact) mass is 499 g/mol. The Morgan fingerprint density at radius 3 is 2.42 bits per heavy atom. The molecule has 0 radical (unpaired) electrons. The number of Topliss-reactive ketones (excluding diaryl/α,β-unsaturated/α-hetero) is 1. The van der Waals surface area contributed by atoms with Crippen molar-refractivity contribution in [2.75, 3.05) is 50.8 Å². The second-order valence-electron chi connectivity index (χ2n) is 11.5. The number of carbonyl (C=O) groups excluding carboxylic acids is 3. The lowest BCUT2D eigenvalue weighted by molar-refractivity contribution is -0.138. The molecule has 0 unspecified atom stereocenters. The highest BCUT2D eigenvalue weighted by atomic mass is 16.5. The fourth-order valence-corrected chi connectivity index (χ4v) is 5.54. The molecule has 3 aliphatic rings. The number of likely N-dealkylation sites (tertiary alicyclic amines) is 1. The van der Waals surface area contributed by atoms with Crippen LogP contribution in [0.2, 0.25) is 0 Å². The number of nitrogens with zero attached hydrogens (tertiary/aromatic N) is 3. The largest absolute Gasteiger partial charge is 0.369 e. The van der Waals surface area contributed by atoms with Gasteiger partial charge in [0.1, 0.15) is 24.8 Å². The third-order valence-electron chi connectivity index (χ3n) is 7.33. The predicted octanol–water partition coefficient (Wildman–Crippen LogP) is 1.26. The van der Waals surface area contributed by atoms with Crippen molar-refractivity contribution in [3.8, 4) is 0 Å². The first-order valence-corrected chi connectivity index (χ1v) is 13.2. The third kappa shape index (κ3) is 5.90. The van der Waals surface area contributed by atoms with Gasteiger partial charge in [-0.3, -0.25) is 19.3 Å². The Morgan fingerprint density at radius 1 is 1.14 bits per heavy atom. The van der Waals surface area contributed by atoms with Crippen LogP contribution < -0.4 is 16.0 Å². The number of carbonyl (C=O) groups is 3. The SMILES string of the molecule is CCCN1CCN(c2ccc(C(=O)N[C@@H](CC(C)(C)C)C(=O)N3C[C@@H](N)[C@H]4OCC(=O)[C@H]43)cc2)CC1. The number of piperazine rings is 1. The van der Waals surface area contributed by atoms with E-state index in [0.717, 1.165) is 38.4 Å². The Bertz CT molecular complexity index is 952. The van der Waals surface area contributed by atoms with Gasteiger partial charge in [-0.15, -0.1) is 0 Å². The van der Waals surface area contributed by atoms with Crippen molar-refractivity contribution < 1.29 is 19.1 Å². The van der Waals surface area contributed by atoms with Crippen LogP contribution in [0.15, 0.2) is 24.3 Å². The fraction of sp³-hybridized carbons (Fsp3) is 0.667. The smallest absolute Gasteiger partial charge is 0.251 e. The predicted molar refractivity (Wildman–Crippen MR) is 139 cm³/mol. The molecule has 36 heavy (non-hydrogen) atoms. The van der Waals surface area contributed by atoms with Crippen LogP contribution in [0.1, 0.15) is 50.9 Å². The van der Waals surface area contributed by atoms with E-state index in [1.54, 1.807) is 0 Å². The molecule has 3 saturated heterocycles. The molecule has 3 heterocycles. The highest BCUT2D eigenvalue weighted by Crippen LogP contribution is 2.29. The topological polar surface area (TPSA) is 108 Å². The van der Waals surface area contributed by atoms with E-state index < -0.39 is 24.2 Å². The van der Waals surface area contributed by atoms with E-state index in [0.29, 0.717) is 12.0 Å². The van der Waals surface area contributed by atoms with Gasteiger partial charge >= 0.3 is 0 Å². The van der Waals surface area contributed by atoms with E-state index in [2.05, 4.69) is 22.0 Å². The van der Waals surface area contributed by atoms with E-state index in [1.165, 1.54) is 11.3 Å². The minimum absolute atomic E-state index is 0.0247. The second-order valence-corrected chi connectivity index (χ2v) is 11.5. The van der Waals surface area contributed by atoms with Crippen LogP contribution in [0.25, 0.3) is 0 Å². The van der Waals surface area contributed by atoms with Gasteiger partial charge in [0.2, 0.25) is 5.91 Å². The first-order chi connectivity index (χ1) is 17.1. The number of rotatable bonds is 7. The molecule has 4 atom stereocenters. The summed E-state index contributed by atoms with van der Waals surface area (Å²) in [4.78, 5) is 45.5. The molecule has 198 valence electrons. The molecule has 0 aliphatic carbocycles. The van der Waals surface area contributed by atoms with Crippen LogP contribution >= 0.6 is 0 Å². The van der Waals surface area contributed by atoms with E-state index >= 15 is 0 Å². The van der Waals surface area contributed by atoms with Crippen molar-refractivity contribution in [2.45, 2.75) is 64.8 Å². The van der Waals surface area contributed by atoms with Gasteiger partial charge in [-0.25, -0.2) is 0 Å². The van der Waals surface area contributed by atoms with Gasteiger partial charge in [0, 0.05) is 44.0 Å². The summed E-state index contributed by atoms with van der Waals surface area (Å²) in [5.41, 5.74) is 7.55. The normalized spacial score (nSPS) is 25.7. The number of amides is 2. The molecule has 9 heteroatoms. The Labute approximate surface area is 214 Å². The van der Waals surface area contributed by atoms with Gasteiger partial charge in [0.25, 0.3) is 5.91 Å². The van der Waals surface area contributed by atoms with Crippen molar-refractivity contribution in [1.82, 2.24) is 15.1 Å². The molecule has 3 fully saturated rings. The number of ether oxygens (including phenoxy) is 1. The van der Waals surface area contributed by atoms with Gasteiger partial charge in [-0.1, -0.05) is 27.7 Å². The Morgan fingerprint density at radius 2 is 1.81 bits per heavy atom. The zero-order valence-electron chi connectivity index (χ0n) is 22.0. The van der Waals surface area contributed by atoms with Crippen molar-refractivity contribution in [3.05, 3.63) is 29.8 Å². The fourth-order valence-electron chi connectivity index (χ4n) is 5.54. The summed E-state index contributed by atoms with van der Waals surface area (Å²) >= 11 is 0. The summed E-state index contributed by atoms with van der Waals surface area (Å²) in [6.45, 7) is 13.7. The molecular formula is C27H41N5O4. The zero-order valence-corrected chi connectivity index (χ0v) is 22.0. The molecule has 9 nitrogen and oxygen atoms in total. The molecule has 0 spiro atoms. The number of nitrogens with one attached hydrogen (secondary N) is 1. The van der Waals surface area contributed by atoms with Gasteiger partial charge in [-0.2, -0.15) is 0 Å². The minimum atomic E-state index is -0.761. The molecule has 0 bridgehead atoms. The number of ketones is 1. The molecular weight excluding hydrogens is 458 g/mol. The average molecular weight is 500 g/mol. The quantitative estimate of drug-likeness (QED) is 0.581. The summed E-state index contributed by atoms with van der Waals surface area (Å²) < 4.78 is 5.53. The summed E-state index contributed by atoms with van der Waals surface area (Å²) in [7, 11) is 0. The highest BCUT2D eigenvalue weighted by molar-refractivity contribution is 5.99. The van der Waals surface area contributed by atoms with Gasteiger partial charge in [0.15, 0.2) is 5.78 Å². The molecule has 0 saturated carbocycles. The van der Waals surface area contributed by atoms with Crippen molar-refractivity contribution in [3.63, 3.8) is 0 Å². The number of hydrogen-bond donors (Lipinski definition) is 2. The highest BCUT2D eigenvalue weighted by Gasteiger charge is 2.52. The lowest BCUT2D eigenvalue weighted by atomic mass is 9.87. The van der Waals surface area contributed by atoms with Gasteiger partial charge in [-0.05, 0) is 49.1 Å². The molecule has 1 aromatic carbocycles. The number of hydrogen-bond acceptors (Lipinski definition) is 7. The van der Waals surface area contributed by atoms with E-state index in [4.69, 9.17) is 10.5 Å². The first kappa shape index (κ1) is 26.6. The lowest BCUT2D eigenvalue weighted by Gasteiger charge is -2.36. The number of nitrogens with two attached hydrogens (primary N) is 1. The second kappa shape index (κ2) is 10.9. The van der Waals surface area contributed by atoms with Crippen LogP contribution in [-0.2, 0) is 14.3 Å². The van der Waals surface area contributed by atoms with Crippen LogP contribution in [-0.4, -0.2) is 97.5 Å². The Hall–Kier alpha value is -2.49. The number of anilines is 1. The standard InChI is InChI=1S/C27H41N5O4/c1-5-10-30-11-13-31(14-12-30)19-8-6-18(7-9-19)25(34)29-21(15-27(2,3)4)26(35)32-16-20(28)24-23(32)22(33)17-36-24/h6-9,20-21,23-24H,5,10-17,28H2,1-4H3,(H,29,34)/t20-,21+,23-,24-/m1/s1. The maximum atomic E-state index is 13.6. The number of fused-ring (bicyclic) bond motifs is 1. The Balaban J connectivity index is 1.43.